The second-order valence-corrected chi connectivity index (χ2v) is 8.15. The first kappa shape index (κ1) is 24.0. The number of carbonyl (C=O) groups is 1. The second kappa shape index (κ2) is 11.3. The van der Waals surface area contributed by atoms with E-state index in [-0.39, 0.29) is 5.56 Å². The van der Waals surface area contributed by atoms with Crippen LogP contribution in [0.5, 0.6) is 11.5 Å². The summed E-state index contributed by atoms with van der Waals surface area (Å²) in [5.41, 5.74) is 2.73. The predicted molar refractivity (Wildman–Crippen MR) is 138 cm³/mol. The predicted octanol–water partition coefficient (Wildman–Crippen LogP) is 5.84. The normalized spacial score (nSPS) is 10.8. The molecule has 7 heteroatoms. The number of nitrogens with one attached hydrogen (secondary N) is 1. The first-order valence-corrected chi connectivity index (χ1v) is 11.7. The largest absolute Gasteiger partial charge is 0.496 e. The van der Waals surface area contributed by atoms with Crippen molar-refractivity contribution in [1.29, 1.82) is 0 Å². The van der Waals surface area contributed by atoms with Crippen LogP contribution in [-0.4, -0.2) is 41.3 Å². The molecular weight excluding hydrogens is 442 g/mol. The van der Waals surface area contributed by atoms with Gasteiger partial charge >= 0.3 is 5.97 Å². The summed E-state index contributed by atoms with van der Waals surface area (Å²) >= 11 is 0. The van der Waals surface area contributed by atoms with Crippen LogP contribution in [0.25, 0.3) is 22.0 Å². The van der Waals surface area contributed by atoms with Gasteiger partial charge in [0.25, 0.3) is 0 Å². The Morgan fingerprint density at radius 1 is 1.03 bits per heavy atom. The number of carboxylic acid groups (broad SMARTS) is 1. The van der Waals surface area contributed by atoms with E-state index in [4.69, 9.17) is 9.47 Å². The Balaban J connectivity index is 1.51. The lowest BCUT2D eigenvalue weighted by Gasteiger charge is -2.13. The molecule has 0 fully saturated rings. The third-order valence-corrected chi connectivity index (χ3v) is 5.83. The van der Waals surface area contributed by atoms with Gasteiger partial charge < -0.3 is 19.9 Å². The van der Waals surface area contributed by atoms with Crippen molar-refractivity contribution in [1.82, 2.24) is 9.97 Å². The van der Waals surface area contributed by atoms with E-state index in [1.807, 2.05) is 24.3 Å². The molecule has 1 aromatic heterocycles. The Labute approximate surface area is 204 Å². The van der Waals surface area contributed by atoms with Crippen LogP contribution in [0.1, 0.15) is 35.7 Å². The number of anilines is 1. The average molecular weight is 472 g/mol. The summed E-state index contributed by atoms with van der Waals surface area (Å²) in [4.78, 5) is 20.3. The summed E-state index contributed by atoms with van der Waals surface area (Å²) in [7, 11) is 1.69. The summed E-state index contributed by atoms with van der Waals surface area (Å²) in [6.45, 7) is 3.18. The molecule has 2 N–H and O–H groups in total. The summed E-state index contributed by atoms with van der Waals surface area (Å²) in [5.74, 6) is 0.879. The van der Waals surface area contributed by atoms with Crippen molar-refractivity contribution in [2.24, 2.45) is 0 Å². The van der Waals surface area contributed by atoms with Gasteiger partial charge in [-0.2, -0.15) is 0 Å². The van der Waals surface area contributed by atoms with Crippen LogP contribution in [0.3, 0.4) is 0 Å². The number of ether oxygens (including phenoxy) is 2. The second-order valence-electron chi connectivity index (χ2n) is 8.15. The van der Waals surface area contributed by atoms with Crippen molar-refractivity contribution in [2.45, 2.75) is 26.2 Å². The van der Waals surface area contributed by atoms with Crippen LogP contribution < -0.4 is 14.8 Å². The lowest BCUT2D eigenvalue weighted by Crippen LogP contribution is -2.08. The average Bonchev–Trinajstić information content (AvgIpc) is 2.89. The monoisotopic (exact) mass is 471 g/mol. The van der Waals surface area contributed by atoms with Gasteiger partial charge in [-0.3, -0.25) is 0 Å². The molecule has 0 amide bonds. The number of methoxy groups -OCH3 is 1. The number of unbranched alkanes of at least 4 members (excludes halogenated alkanes) is 1. The molecule has 0 unspecified atom stereocenters. The van der Waals surface area contributed by atoms with Crippen LogP contribution in [0.15, 0.2) is 67.0 Å². The van der Waals surface area contributed by atoms with Gasteiger partial charge in [0, 0.05) is 23.7 Å². The maximum Gasteiger partial charge on any atom is 0.339 e. The van der Waals surface area contributed by atoms with E-state index >= 15 is 0 Å². The highest BCUT2D eigenvalue weighted by Gasteiger charge is 2.14. The van der Waals surface area contributed by atoms with E-state index in [0.717, 1.165) is 36.1 Å². The minimum Gasteiger partial charge on any atom is -0.496 e. The quantitative estimate of drug-likeness (QED) is 0.266. The van der Waals surface area contributed by atoms with E-state index in [1.54, 1.807) is 25.3 Å². The van der Waals surface area contributed by atoms with Gasteiger partial charge in [0.15, 0.2) is 0 Å². The van der Waals surface area contributed by atoms with E-state index in [2.05, 4.69) is 40.4 Å². The summed E-state index contributed by atoms with van der Waals surface area (Å²) in [6, 6.07) is 19.2. The molecule has 0 saturated heterocycles. The number of aromatic nitrogens is 2. The summed E-state index contributed by atoms with van der Waals surface area (Å²) < 4.78 is 11.3. The van der Waals surface area contributed by atoms with Gasteiger partial charge in [-0.1, -0.05) is 49.7 Å². The zero-order valence-electron chi connectivity index (χ0n) is 20.0. The Morgan fingerprint density at radius 3 is 2.69 bits per heavy atom. The number of nitrogens with zero attached hydrogens (tertiary/aromatic N) is 2. The third kappa shape index (κ3) is 5.69. The van der Waals surface area contributed by atoms with Crippen molar-refractivity contribution in [3.63, 3.8) is 0 Å². The van der Waals surface area contributed by atoms with Crippen molar-refractivity contribution >= 4 is 22.6 Å². The van der Waals surface area contributed by atoms with Gasteiger partial charge in [0.2, 0.25) is 0 Å². The zero-order chi connectivity index (χ0) is 24.6. The molecule has 0 bridgehead atoms. The van der Waals surface area contributed by atoms with Crippen molar-refractivity contribution in [3.8, 4) is 22.8 Å². The number of carboxylic acids is 1. The topological polar surface area (TPSA) is 93.6 Å². The van der Waals surface area contributed by atoms with E-state index in [9.17, 15) is 9.90 Å². The van der Waals surface area contributed by atoms with Crippen molar-refractivity contribution < 1.29 is 19.4 Å². The number of rotatable bonds is 11. The molecular formula is C28H29N3O4. The molecule has 180 valence electrons. The molecule has 35 heavy (non-hydrogen) atoms. The zero-order valence-corrected chi connectivity index (χ0v) is 20.0. The number of aromatic carboxylic acids is 1. The number of benzene rings is 3. The molecule has 0 atom stereocenters. The molecule has 0 radical (unpaired) electrons. The molecule has 0 aliphatic heterocycles. The van der Waals surface area contributed by atoms with Crippen LogP contribution >= 0.6 is 0 Å². The number of hydrogen-bond donors (Lipinski definition) is 2. The SMILES string of the molecule is CCCCOc1cc(-c2cc(NCCc3c(OC)ccc4ccccc34)ncn2)ccc1C(=O)O. The molecule has 4 rings (SSSR count). The highest BCUT2D eigenvalue weighted by Crippen LogP contribution is 2.29. The molecule has 4 aromatic rings. The molecule has 3 aromatic carbocycles. The fourth-order valence-corrected chi connectivity index (χ4v) is 4.00. The van der Waals surface area contributed by atoms with Gasteiger partial charge in [-0.25, -0.2) is 14.8 Å². The minimum atomic E-state index is -1.02. The van der Waals surface area contributed by atoms with E-state index in [0.29, 0.717) is 30.4 Å². The molecule has 1 heterocycles. The Kier molecular flexibility index (Phi) is 7.77. The van der Waals surface area contributed by atoms with Crippen LogP contribution in [0.4, 0.5) is 5.82 Å². The van der Waals surface area contributed by atoms with Crippen LogP contribution in [0, 0.1) is 0 Å². The van der Waals surface area contributed by atoms with E-state index in [1.165, 1.54) is 17.1 Å². The maximum atomic E-state index is 11.6. The molecule has 0 spiro atoms. The van der Waals surface area contributed by atoms with Gasteiger partial charge in [0.05, 0.1) is 19.4 Å². The molecule has 0 aliphatic rings. The van der Waals surface area contributed by atoms with Crippen molar-refractivity contribution in [3.05, 3.63) is 78.1 Å². The van der Waals surface area contributed by atoms with Crippen LogP contribution in [-0.2, 0) is 6.42 Å². The minimum absolute atomic E-state index is 0.140. The molecule has 0 aliphatic carbocycles. The van der Waals surface area contributed by atoms with Gasteiger partial charge in [-0.15, -0.1) is 0 Å². The highest BCUT2D eigenvalue weighted by molar-refractivity contribution is 5.92. The fraction of sp³-hybridized carbons (Fsp3) is 0.250. The Morgan fingerprint density at radius 2 is 1.89 bits per heavy atom. The smallest absolute Gasteiger partial charge is 0.339 e. The number of hydrogen-bond acceptors (Lipinski definition) is 6. The molecule has 7 nitrogen and oxygen atoms in total. The van der Waals surface area contributed by atoms with E-state index < -0.39 is 5.97 Å². The van der Waals surface area contributed by atoms with Gasteiger partial charge in [-0.05, 0) is 41.8 Å². The van der Waals surface area contributed by atoms with Crippen molar-refractivity contribution in [2.75, 3.05) is 25.6 Å². The summed E-state index contributed by atoms with van der Waals surface area (Å²) in [5, 5.41) is 15.2. The van der Waals surface area contributed by atoms with Gasteiger partial charge in [0.1, 0.15) is 29.2 Å². The first-order chi connectivity index (χ1) is 17.1. The Bertz CT molecular complexity index is 1320. The highest BCUT2D eigenvalue weighted by atomic mass is 16.5. The maximum absolute atomic E-state index is 11.6. The Hall–Kier alpha value is -4.13. The lowest BCUT2D eigenvalue weighted by atomic mass is 10.0. The molecule has 0 saturated carbocycles. The van der Waals surface area contributed by atoms with Crippen LogP contribution in [0.2, 0.25) is 0 Å². The number of fused-ring (bicyclic) bond motifs is 1. The summed E-state index contributed by atoms with van der Waals surface area (Å²) in [6.07, 6.45) is 4.07. The standard InChI is InChI=1S/C28H29N3O4/c1-3-4-15-35-26-16-20(9-11-23(26)28(32)33)24-17-27(31-18-30-24)29-14-13-22-21-8-6-5-7-19(21)10-12-25(22)34-2/h5-12,16-18H,3-4,13-15H2,1-2H3,(H,32,33)(H,29,30,31). The third-order valence-electron chi connectivity index (χ3n) is 5.83. The first-order valence-electron chi connectivity index (χ1n) is 11.7. The lowest BCUT2D eigenvalue weighted by molar-refractivity contribution is 0.0692. The fourth-order valence-electron chi connectivity index (χ4n) is 4.00.